The molecule has 53 heavy (non-hydrogen) atoms. The molecule has 2 saturated heterocycles. The first-order valence-corrected chi connectivity index (χ1v) is 18.8. The Morgan fingerprint density at radius 3 is 1.79 bits per heavy atom. The lowest BCUT2D eigenvalue weighted by Gasteiger charge is -2.26. The fraction of sp³-hybridized carbons (Fsp3) is 0.381. The highest BCUT2D eigenvalue weighted by Gasteiger charge is 2.33. The van der Waals surface area contributed by atoms with Gasteiger partial charge in [0.15, 0.2) is 6.35 Å². The third-order valence-electron chi connectivity index (χ3n) is 9.93. The summed E-state index contributed by atoms with van der Waals surface area (Å²) in [6.45, 7) is 9.39. The number of nitrogens with one attached hydrogen (secondary N) is 4. The average Bonchev–Trinajstić information content (AvgIpc) is 3.75. The van der Waals surface area contributed by atoms with Crippen LogP contribution < -0.4 is 31.1 Å². The lowest BCUT2D eigenvalue weighted by Crippen LogP contribution is -2.44. The predicted molar refractivity (Wildman–Crippen MR) is 211 cm³/mol. The zero-order valence-corrected chi connectivity index (χ0v) is 30.7. The zero-order valence-electron chi connectivity index (χ0n) is 30.7. The van der Waals surface area contributed by atoms with Crippen LogP contribution in [0.3, 0.4) is 0 Å². The van der Waals surface area contributed by atoms with Crippen molar-refractivity contribution in [1.82, 2.24) is 20.6 Å². The highest BCUT2D eigenvalue weighted by atomic mass is 16.3. The van der Waals surface area contributed by atoms with E-state index in [1.54, 1.807) is 12.4 Å². The van der Waals surface area contributed by atoms with Gasteiger partial charge in [-0.3, -0.25) is 14.9 Å². The highest BCUT2D eigenvalue weighted by Crippen LogP contribution is 2.33. The highest BCUT2D eigenvalue weighted by molar-refractivity contribution is 5.97. The van der Waals surface area contributed by atoms with Crippen molar-refractivity contribution in [1.29, 1.82) is 0 Å². The minimum Gasteiger partial charge on any atom is -0.370 e. The predicted octanol–water partition coefficient (Wildman–Crippen LogP) is 6.70. The van der Waals surface area contributed by atoms with Crippen LogP contribution in [0.5, 0.6) is 0 Å². The van der Waals surface area contributed by atoms with Gasteiger partial charge in [0.05, 0.1) is 5.82 Å². The Balaban J connectivity index is 0.000000183. The third-order valence-corrected chi connectivity index (χ3v) is 9.93. The van der Waals surface area contributed by atoms with Gasteiger partial charge in [-0.25, -0.2) is 9.97 Å². The van der Waals surface area contributed by atoms with Crippen molar-refractivity contribution in [3.63, 3.8) is 0 Å². The van der Waals surface area contributed by atoms with Gasteiger partial charge in [0.1, 0.15) is 11.6 Å². The smallest absolute Gasteiger partial charge is 0.227 e. The lowest BCUT2D eigenvalue weighted by molar-refractivity contribution is -0.118. The number of aliphatic hydroxyl groups is 1. The van der Waals surface area contributed by atoms with Crippen LogP contribution in [-0.4, -0.2) is 58.4 Å². The molecule has 4 heterocycles. The molecule has 2 aromatic carbocycles. The van der Waals surface area contributed by atoms with E-state index in [2.05, 4.69) is 62.1 Å². The zero-order chi connectivity index (χ0) is 37.2. The molecule has 5 N–H and O–H groups in total. The molecular formula is C42H52N8O3. The lowest BCUT2D eigenvalue weighted by atomic mass is 9.96. The fourth-order valence-electron chi connectivity index (χ4n) is 7.35. The summed E-state index contributed by atoms with van der Waals surface area (Å²) in [5.41, 5.74) is 4.07. The number of hydrogen-bond donors (Lipinski definition) is 5. The topological polar surface area (TPSA) is 135 Å². The average molecular weight is 717 g/mol. The van der Waals surface area contributed by atoms with Gasteiger partial charge in [0.2, 0.25) is 11.8 Å². The molecule has 2 amide bonds. The van der Waals surface area contributed by atoms with Crippen LogP contribution in [0, 0.1) is 0 Å². The summed E-state index contributed by atoms with van der Waals surface area (Å²) in [6, 6.07) is 28.4. The number of nitrogens with zero attached hydrogens (tertiary/aromatic N) is 4. The molecule has 3 fully saturated rings. The summed E-state index contributed by atoms with van der Waals surface area (Å²) in [5, 5.41) is 22.9. The molecular weight excluding hydrogens is 665 g/mol. The number of carbonyl (C=O) groups is 2. The van der Waals surface area contributed by atoms with Gasteiger partial charge in [0.25, 0.3) is 0 Å². The van der Waals surface area contributed by atoms with Gasteiger partial charge in [-0.2, -0.15) is 0 Å². The number of pyridine rings is 2. The molecule has 1 aliphatic carbocycles. The maximum absolute atomic E-state index is 12.6. The summed E-state index contributed by atoms with van der Waals surface area (Å²) in [4.78, 5) is 37.3. The van der Waals surface area contributed by atoms with Crippen molar-refractivity contribution in [2.75, 3.05) is 33.5 Å². The number of amides is 2. The van der Waals surface area contributed by atoms with Crippen molar-refractivity contribution in [2.24, 2.45) is 0 Å². The molecule has 2 aromatic heterocycles. The molecule has 11 heteroatoms. The van der Waals surface area contributed by atoms with Gasteiger partial charge >= 0.3 is 0 Å². The van der Waals surface area contributed by atoms with Gasteiger partial charge in [-0.05, 0) is 49.9 Å². The third kappa shape index (κ3) is 10.4. The van der Waals surface area contributed by atoms with Crippen LogP contribution in [0.1, 0.15) is 81.8 Å². The van der Waals surface area contributed by atoms with Crippen LogP contribution in [0.15, 0.2) is 110 Å². The largest absolute Gasteiger partial charge is 0.370 e. The number of hydrogen-bond acceptors (Lipinski definition) is 9. The summed E-state index contributed by atoms with van der Waals surface area (Å²) < 4.78 is 0. The second-order valence-electron chi connectivity index (χ2n) is 14.4. The standard InChI is InChI=1S/C22H28N4O2.C20H24N4O/c27-21-13-17(16-7-3-1-4-8-16)15-26(21)19-11-12-23-20(14-19)25-22(28)24-18-9-5-2-6-10-18;1-14(2)22-15(3)23-19-12-18(9-10-21-19)24-13-17(11-20(24)25)16-7-5-4-6-8-16/h1,3-4,7-8,11-12,14,17-18,22,24,28H,2,5-6,9-10,13,15H2,(H,23,25);4-10,12,14,17,22H,3,11,13H2,1-2H3,(H,21,23). The summed E-state index contributed by atoms with van der Waals surface area (Å²) in [6.07, 6.45) is 9.46. The molecule has 1 saturated carbocycles. The quantitative estimate of drug-likeness (QED) is 0.102. The molecule has 2 aliphatic heterocycles. The van der Waals surface area contributed by atoms with E-state index in [-0.39, 0.29) is 29.7 Å². The fourth-order valence-corrected chi connectivity index (χ4v) is 7.35. The normalized spacial score (nSPS) is 19.5. The Bertz CT molecular complexity index is 1820. The van der Waals surface area contributed by atoms with E-state index in [0.29, 0.717) is 49.4 Å². The van der Waals surface area contributed by atoms with Gasteiger partial charge < -0.3 is 30.9 Å². The molecule has 0 spiro atoms. The monoisotopic (exact) mass is 716 g/mol. The Labute approximate surface area is 312 Å². The molecule has 4 aromatic rings. The second kappa shape index (κ2) is 18.0. The van der Waals surface area contributed by atoms with Crippen molar-refractivity contribution >= 4 is 34.8 Å². The van der Waals surface area contributed by atoms with E-state index in [9.17, 15) is 14.7 Å². The number of anilines is 4. The minimum absolute atomic E-state index is 0.117. The van der Waals surface area contributed by atoms with Crippen LogP contribution in [-0.2, 0) is 9.59 Å². The number of aromatic nitrogens is 2. The van der Waals surface area contributed by atoms with Crippen LogP contribution in [0.4, 0.5) is 23.0 Å². The van der Waals surface area contributed by atoms with Crippen molar-refractivity contribution in [2.45, 2.75) is 89.1 Å². The molecule has 278 valence electrons. The minimum atomic E-state index is -0.850. The van der Waals surface area contributed by atoms with E-state index >= 15 is 0 Å². The summed E-state index contributed by atoms with van der Waals surface area (Å²) >= 11 is 0. The van der Waals surface area contributed by atoms with E-state index < -0.39 is 6.35 Å². The van der Waals surface area contributed by atoms with Gasteiger partial charge in [-0.15, -0.1) is 0 Å². The van der Waals surface area contributed by atoms with Gasteiger partial charge in [-0.1, -0.05) is 86.5 Å². The maximum atomic E-state index is 12.6. The first-order valence-electron chi connectivity index (χ1n) is 18.8. The van der Waals surface area contributed by atoms with Crippen molar-refractivity contribution in [3.8, 4) is 0 Å². The maximum Gasteiger partial charge on any atom is 0.227 e. The van der Waals surface area contributed by atoms with Crippen LogP contribution in [0.25, 0.3) is 0 Å². The van der Waals surface area contributed by atoms with Crippen LogP contribution in [0.2, 0.25) is 0 Å². The second-order valence-corrected chi connectivity index (χ2v) is 14.4. The molecule has 0 radical (unpaired) electrons. The molecule has 3 unspecified atom stereocenters. The molecule has 7 rings (SSSR count). The molecule has 11 nitrogen and oxygen atoms in total. The number of rotatable bonds is 12. The van der Waals surface area contributed by atoms with E-state index in [1.165, 1.54) is 30.4 Å². The van der Waals surface area contributed by atoms with E-state index in [4.69, 9.17) is 0 Å². The Morgan fingerprint density at radius 2 is 1.26 bits per heavy atom. The SMILES string of the molecule is C=C(Nc1cc(N2CC(c3ccccc3)CC2=O)ccn1)NC(C)C.O=C1CC(c2ccccc2)CN1c1ccnc(NC(O)NC2CCCCC2)c1. The molecule has 3 atom stereocenters. The molecule has 0 bridgehead atoms. The van der Waals surface area contributed by atoms with Gasteiger partial charge in [0, 0.05) is 85.8 Å². The number of benzene rings is 2. The summed E-state index contributed by atoms with van der Waals surface area (Å²) in [5.74, 6) is 2.62. The number of aliphatic hydroxyl groups excluding tert-OH is 1. The van der Waals surface area contributed by atoms with Crippen molar-refractivity contribution < 1.29 is 14.7 Å². The Morgan fingerprint density at radius 1 is 0.755 bits per heavy atom. The number of carbonyl (C=O) groups excluding carboxylic acids is 2. The van der Waals surface area contributed by atoms with Crippen molar-refractivity contribution in [3.05, 3.63) is 121 Å². The Kier molecular flexibility index (Phi) is 12.7. The first-order chi connectivity index (χ1) is 25.7. The summed E-state index contributed by atoms with van der Waals surface area (Å²) in [7, 11) is 0. The Hall–Kier alpha value is -5.26. The first kappa shape index (κ1) is 37.5. The van der Waals surface area contributed by atoms with E-state index in [0.717, 1.165) is 24.2 Å². The van der Waals surface area contributed by atoms with Crippen LogP contribution >= 0.6 is 0 Å². The van der Waals surface area contributed by atoms with E-state index in [1.807, 2.05) is 84.3 Å². The molecule has 3 aliphatic rings.